The molecule has 1 aliphatic carbocycles. The molecular formula is C31H28Cl2F2N4O6S. The topological polar surface area (TPSA) is 119 Å². The molecule has 3 aromatic rings. The van der Waals surface area contributed by atoms with Gasteiger partial charge in [-0.05, 0) is 54.3 Å². The van der Waals surface area contributed by atoms with Crippen molar-refractivity contribution in [2.75, 3.05) is 13.1 Å². The molecule has 0 spiro atoms. The zero-order chi connectivity index (χ0) is 32.9. The van der Waals surface area contributed by atoms with Crippen molar-refractivity contribution in [3.63, 3.8) is 0 Å². The smallest absolute Gasteiger partial charge is 0.408 e. The van der Waals surface area contributed by atoms with Crippen molar-refractivity contribution in [1.82, 2.24) is 19.0 Å². The van der Waals surface area contributed by atoms with Crippen molar-refractivity contribution in [3.05, 3.63) is 99.5 Å². The first kappa shape index (κ1) is 32.2. The molecular weight excluding hydrogens is 665 g/mol. The first-order chi connectivity index (χ1) is 21.9. The number of benzene rings is 3. The molecule has 3 aliphatic rings. The summed E-state index contributed by atoms with van der Waals surface area (Å²) in [6, 6.07) is 12.3. The Bertz CT molecular complexity index is 1810. The number of carboxylic acid groups (broad SMARTS) is 1. The summed E-state index contributed by atoms with van der Waals surface area (Å²) >= 11 is 12.4. The fraction of sp³-hybridized carbons (Fsp3) is 0.323. The molecule has 0 bridgehead atoms. The van der Waals surface area contributed by atoms with E-state index in [1.54, 1.807) is 30.3 Å². The quantitative estimate of drug-likeness (QED) is 0.369. The zero-order valence-electron chi connectivity index (χ0n) is 24.1. The van der Waals surface area contributed by atoms with Gasteiger partial charge in [-0.25, -0.2) is 22.0 Å². The molecule has 2 aliphatic heterocycles. The number of carbonyl (C=O) groups is 3. The van der Waals surface area contributed by atoms with Crippen LogP contribution in [0.15, 0.2) is 71.6 Å². The molecule has 6 rings (SSSR count). The van der Waals surface area contributed by atoms with Crippen LogP contribution < -0.4 is 0 Å². The lowest BCUT2D eigenvalue weighted by Crippen LogP contribution is -2.76. The maximum atomic E-state index is 14.4. The van der Waals surface area contributed by atoms with E-state index in [2.05, 4.69) is 0 Å². The molecule has 15 heteroatoms. The Morgan fingerprint density at radius 3 is 2.26 bits per heavy atom. The standard InChI is InChI=1S/C31H28Cl2F2N4O6S/c32-20-7-11-27(22(33)14-20)46(44,45)38-16-26(37(31(42)43)15-18-4-2-1-3-5-18)30(41)39-25(13-19-6-10-23(34)24(35)12-19)29(40)36(17-28(38)39)21-8-9-21/h1-7,10-12,14,21,25-26,28H,8-9,13,15-17H2,(H,42,43). The molecule has 3 unspecified atom stereocenters. The maximum Gasteiger partial charge on any atom is 0.408 e. The van der Waals surface area contributed by atoms with Crippen LogP contribution in [0.2, 0.25) is 10.0 Å². The number of carbonyl (C=O) groups excluding carboxylic acids is 2. The van der Waals surface area contributed by atoms with E-state index < -0.39 is 64.4 Å². The van der Waals surface area contributed by atoms with Crippen LogP contribution in [0.1, 0.15) is 24.0 Å². The van der Waals surface area contributed by atoms with Crippen molar-refractivity contribution >= 4 is 51.1 Å². The second-order valence-electron chi connectivity index (χ2n) is 11.5. The van der Waals surface area contributed by atoms with Crippen molar-refractivity contribution in [2.45, 2.75) is 55.0 Å². The lowest BCUT2D eigenvalue weighted by Gasteiger charge is -2.54. The Morgan fingerprint density at radius 2 is 1.63 bits per heavy atom. The average Bonchev–Trinajstić information content (AvgIpc) is 3.85. The molecule has 46 heavy (non-hydrogen) atoms. The average molecular weight is 694 g/mol. The van der Waals surface area contributed by atoms with Gasteiger partial charge in [0, 0.05) is 30.6 Å². The molecule has 3 amide bonds. The summed E-state index contributed by atoms with van der Waals surface area (Å²) in [5.74, 6) is -3.53. The number of nitrogens with zero attached hydrogens (tertiary/aromatic N) is 4. The number of hydrogen-bond acceptors (Lipinski definition) is 5. The van der Waals surface area contributed by atoms with Gasteiger partial charge in [0.15, 0.2) is 11.6 Å². The first-order valence-electron chi connectivity index (χ1n) is 14.4. The number of amides is 3. The SMILES string of the molecule is O=C1C(Cc2ccc(F)c(F)c2)N2C(=O)C(N(Cc3ccccc3)C(=O)O)CN(S(=O)(=O)c3ccc(Cl)cc3Cl)C2CN1C1CC1. The normalized spacial score (nSPS) is 22.1. The van der Waals surface area contributed by atoms with Crippen molar-refractivity contribution in [1.29, 1.82) is 0 Å². The van der Waals surface area contributed by atoms with E-state index in [0.29, 0.717) is 18.4 Å². The molecule has 10 nitrogen and oxygen atoms in total. The molecule has 3 aromatic carbocycles. The Balaban J connectivity index is 1.48. The second kappa shape index (κ2) is 12.4. The van der Waals surface area contributed by atoms with Crippen LogP contribution >= 0.6 is 23.2 Å². The predicted octanol–water partition coefficient (Wildman–Crippen LogP) is 4.60. The summed E-state index contributed by atoms with van der Waals surface area (Å²) < 4.78 is 57.9. The van der Waals surface area contributed by atoms with Crippen molar-refractivity contribution < 1.29 is 36.7 Å². The third kappa shape index (κ3) is 6.04. The number of piperazine rings is 1. The Morgan fingerprint density at radius 1 is 0.913 bits per heavy atom. The van der Waals surface area contributed by atoms with Crippen LogP contribution in [0.5, 0.6) is 0 Å². The minimum atomic E-state index is -4.54. The first-order valence-corrected chi connectivity index (χ1v) is 16.6. The Hall–Kier alpha value is -3.78. The van der Waals surface area contributed by atoms with Gasteiger partial charge in [-0.15, -0.1) is 0 Å². The van der Waals surface area contributed by atoms with Gasteiger partial charge in [0.05, 0.1) is 11.6 Å². The molecule has 1 saturated carbocycles. The summed E-state index contributed by atoms with van der Waals surface area (Å²) in [7, 11) is -4.54. The molecule has 2 saturated heterocycles. The van der Waals surface area contributed by atoms with Crippen LogP contribution in [0.3, 0.4) is 0 Å². The second-order valence-corrected chi connectivity index (χ2v) is 14.2. The molecule has 0 radical (unpaired) electrons. The Labute approximate surface area is 273 Å². The maximum absolute atomic E-state index is 14.4. The summed E-state index contributed by atoms with van der Waals surface area (Å²) in [5, 5.41) is 10.3. The highest BCUT2D eigenvalue weighted by Gasteiger charge is 2.57. The molecule has 3 atom stereocenters. The molecule has 242 valence electrons. The third-order valence-corrected chi connectivity index (χ3v) is 11.1. The molecule has 3 fully saturated rings. The van der Waals surface area contributed by atoms with E-state index >= 15 is 0 Å². The van der Waals surface area contributed by atoms with Gasteiger partial charge in [0.25, 0.3) is 0 Å². The van der Waals surface area contributed by atoms with E-state index in [0.717, 1.165) is 26.2 Å². The van der Waals surface area contributed by atoms with Crippen molar-refractivity contribution in [2.24, 2.45) is 0 Å². The van der Waals surface area contributed by atoms with Gasteiger partial charge >= 0.3 is 6.09 Å². The van der Waals surface area contributed by atoms with E-state index in [1.165, 1.54) is 29.2 Å². The van der Waals surface area contributed by atoms with Crippen LogP contribution in [-0.4, -0.2) is 87.8 Å². The number of halogens is 4. The third-order valence-electron chi connectivity index (χ3n) is 8.51. The zero-order valence-corrected chi connectivity index (χ0v) is 26.4. The van der Waals surface area contributed by atoms with Crippen LogP contribution in [0.25, 0.3) is 0 Å². The van der Waals surface area contributed by atoms with Crippen LogP contribution in [0.4, 0.5) is 13.6 Å². The van der Waals surface area contributed by atoms with Gasteiger partial charge in [0.2, 0.25) is 21.8 Å². The van der Waals surface area contributed by atoms with E-state index in [9.17, 15) is 36.7 Å². The molecule has 1 N–H and O–H groups in total. The van der Waals surface area contributed by atoms with Gasteiger partial charge in [-0.1, -0.05) is 59.6 Å². The molecule has 2 heterocycles. The minimum Gasteiger partial charge on any atom is -0.465 e. The van der Waals surface area contributed by atoms with E-state index in [1.807, 2.05) is 0 Å². The highest BCUT2D eigenvalue weighted by molar-refractivity contribution is 7.89. The fourth-order valence-corrected chi connectivity index (χ4v) is 8.45. The lowest BCUT2D eigenvalue weighted by molar-refractivity contribution is -0.170. The van der Waals surface area contributed by atoms with Crippen LogP contribution in [-0.2, 0) is 32.6 Å². The number of hydrogen-bond donors (Lipinski definition) is 1. The molecule has 0 aromatic heterocycles. The largest absolute Gasteiger partial charge is 0.465 e. The summed E-state index contributed by atoms with van der Waals surface area (Å²) in [5.41, 5.74) is 0.737. The Kier molecular flexibility index (Phi) is 8.70. The lowest BCUT2D eigenvalue weighted by atomic mass is 9.96. The summed E-state index contributed by atoms with van der Waals surface area (Å²) in [4.78, 5) is 44.3. The predicted molar refractivity (Wildman–Crippen MR) is 163 cm³/mol. The van der Waals surface area contributed by atoms with E-state index in [-0.39, 0.29) is 46.1 Å². The summed E-state index contributed by atoms with van der Waals surface area (Å²) in [6.07, 6.45) is -1.65. The van der Waals surface area contributed by atoms with E-state index in [4.69, 9.17) is 23.2 Å². The highest BCUT2D eigenvalue weighted by Crippen LogP contribution is 2.39. The minimum absolute atomic E-state index is 0.174. The number of sulfonamides is 1. The van der Waals surface area contributed by atoms with Gasteiger partial charge < -0.3 is 14.9 Å². The highest BCUT2D eigenvalue weighted by atomic mass is 35.5. The van der Waals surface area contributed by atoms with Crippen LogP contribution in [0, 0.1) is 11.6 Å². The summed E-state index contributed by atoms with van der Waals surface area (Å²) in [6.45, 7) is -0.992. The monoisotopic (exact) mass is 692 g/mol. The fourth-order valence-electron chi connectivity index (χ4n) is 6.13. The number of fused-ring (bicyclic) bond motifs is 1. The van der Waals surface area contributed by atoms with Gasteiger partial charge in [-0.3, -0.25) is 14.5 Å². The van der Waals surface area contributed by atoms with Crippen molar-refractivity contribution in [3.8, 4) is 0 Å². The van der Waals surface area contributed by atoms with Gasteiger partial charge in [0.1, 0.15) is 23.1 Å². The van der Waals surface area contributed by atoms with Gasteiger partial charge in [-0.2, -0.15) is 4.31 Å². The number of rotatable bonds is 8.